The second-order valence-electron chi connectivity index (χ2n) is 5.96. The molecule has 22 heavy (non-hydrogen) atoms. The van der Waals surface area contributed by atoms with Crippen molar-refractivity contribution in [2.75, 3.05) is 19.6 Å². The molecular formula is C14H24N6O2. The molecule has 0 unspecified atom stereocenters. The van der Waals surface area contributed by atoms with E-state index >= 15 is 0 Å². The van der Waals surface area contributed by atoms with E-state index in [1.807, 2.05) is 7.05 Å². The molecule has 8 heteroatoms. The highest BCUT2D eigenvalue weighted by atomic mass is 16.2. The standard InChI is InChI=1S/C14H24N6O2/c1-10(2)8-11(13-16-9-17-19(13)3)18-14(22)20-6-4-12(21)15-5-7-20/h9-11H,4-8H2,1-3H3,(H,15,21)(H,18,22)/t11-/m0/s1. The van der Waals surface area contributed by atoms with Crippen LogP contribution in [0.4, 0.5) is 4.79 Å². The monoisotopic (exact) mass is 308 g/mol. The minimum atomic E-state index is -0.188. The average molecular weight is 308 g/mol. The Labute approximate surface area is 130 Å². The first-order valence-corrected chi connectivity index (χ1v) is 7.63. The lowest BCUT2D eigenvalue weighted by Gasteiger charge is -2.25. The van der Waals surface area contributed by atoms with Crippen LogP contribution in [0.15, 0.2) is 6.33 Å². The van der Waals surface area contributed by atoms with Crippen LogP contribution in [0.5, 0.6) is 0 Å². The van der Waals surface area contributed by atoms with Crippen molar-refractivity contribution in [2.24, 2.45) is 13.0 Å². The third kappa shape index (κ3) is 4.19. The number of urea groups is 1. The number of hydrogen-bond acceptors (Lipinski definition) is 4. The topological polar surface area (TPSA) is 92.2 Å². The van der Waals surface area contributed by atoms with Gasteiger partial charge in [0, 0.05) is 33.1 Å². The Bertz CT molecular complexity index is 527. The zero-order chi connectivity index (χ0) is 16.1. The number of nitrogens with zero attached hydrogens (tertiary/aromatic N) is 4. The molecule has 3 amide bonds. The predicted octanol–water partition coefficient (Wildman–Crippen LogP) is 0.434. The van der Waals surface area contributed by atoms with Crippen LogP contribution in [0, 0.1) is 5.92 Å². The lowest BCUT2D eigenvalue weighted by Crippen LogP contribution is -2.44. The molecule has 0 spiro atoms. The van der Waals surface area contributed by atoms with Crippen LogP contribution in [0.25, 0.3) is 0 Å². The van der Waals surface area contributed by atoms with Crippen molar-refractivity contribution in [2.45, 2.75) is 32.7 Å². The van der Waals surface area contributed by atoms with Crippen LogP contribution in [0.2, 0.25) is 0 Å². The zero-order valence-electron chi connectivity index (χ0n) is 13.4. The maximum atomic E-state index is 12.5. The summed E-state index contributed by atoms with van der Waals surface area (Å²) in [6, 6.07) is -0.350. The van der Waals surface area contributed by atoms with Gasteiger partial charge in [0.05, 0.1) is 6.04 Å². The lowest BCUT2D eigenvalue weighted by atomic mass is 10.0. The van der Waals surface area contributed by atoms with E-state index in [0.717, 1.165) is 12.2 Å². The summed E-state index contributed by atoms with van der Waals surface area (Å²) in [6.45, 7) is 5.65. The molecule has 1 atom stereocenters. The van der Waals surface area contributed by atoms with Crippen molar-refractivity contribution >= 4 is 11.9 Å². The molecule has 1 aliphatic heterocycles. The van der Waals surface area contributed by atoms with Crippen molar-refractivity contribution in [3.05, 3.63) is 12.2 Å². The number of nitrogens with one attached hydrogen (secondary N) is 2. The summed E-state index contributed by atoms with van der Waals surface area (Å²) in [5.41, 5.74) is 0. The highest BCUT2D eigenvalue weighted by Gasteiger charge is 2.24. The number of carbonyl (C=O) groups excluding carboxylic acids is 2. The Morgan fingerprint density at radius 1 is 1.45 bits per heavy atom. The summed E-state index contributed by atoms with van der Waals surface area (Å²) in [6.07, 6.45) is 2.61. The van der Waals surface area contributed by atoms with E-state index in [9.17, 15) is 9.59 Å². The van der Waals surface area contributed by atoms with Crippen LogP contribution in [0.1, 0.15) is 38.6 Å². The van der Waals surface area contributed by atoms with Gasteiger partial charge in [0.15, 0.2) is 0 Å². The van der Waals surface area contributed by atoms with Gasteiger partial charge in [0.25, 0.3) is 0 Å². The predicted molar refractivity (Wildman–Crippen MR) is 80.9 cm³/mol. The van der Waals surface area contributed by atoms with Crippen molar-refractivity contribution in [3.8, 4) is 0 Å². The van der Waals surface area contributed by atoms with Gasteiger partial charge in [-0.1, -0.05) is 13.8 Å². The van der Waals surface area contributed by atoms with E-state index in [2.05, 4.69) is 34.6 Å². The van der Waals surface area contributed by atoms with Gasteiger partial charge in [0.1, 0.15) is 12.2 Å². The Hall–Kier alpha value is -2.12. The van der Waals surface area contributed by atoms with Gasteiger partial charge in [-0.2, -0.15) is 5.10 Å². The first-order valence-electron chi connectivity index (χ1n) is 7.63. The first-order chi connectivity index (χ1) is 10.5. The molecule has 1 aliphatic rings. The van der Waals surface area contributed by atoms with E-state index < -0.39 is 0 Å². The Morgan fingerprint density at radius 3 is 2.86 bits per heavy atom. The number of aryl methyl sites for hydroxylation is 1. The molecule has 0 aliphatic carbocycles. The first kappa shape index (κ1) is 16.3. The van der Waals surface area contributed by atoms with Gasteiger partial charge in [0.2, 0.25) is 5.91 Å². The van der Waals surface area contributed by atoms with Crippen LogP contribution in [0.3, 0.4) is 0 Å². The van der Waals surface area contributed by atoms with E-state index in [0.29, 0.717) is 32.0 Å². The fourth-order valence-electron chi connectivity index (χ4n) is 2.53. The minimum absolute atomic E-state index is 0.0117. The fraction of sp³-hybridized carbons (Fsp3) is 0.714. The molecule has 8 nitrogen and oxygen atoms in total. The maximum Gasteiger partial charge on any atom is 0.318 e. The Kier molecular flexibility index (Phi) is 5.35. The average Bonchev–Trinajstić information content (AvgIpc) is 2.74. The summed E-state index contributed by atoms with van der Waals surface area (Å²) in [4.78, 5) is 29.8. The molecular weight excluding hydrogens is 284 g/mol. The smallest absolute Gasteiger partial charge is 0.318 e. The van der Waals surface area contributed by atoms with Crippen molar-refractivity contribution in [1.82, 2.24) is 30.3 Å². The normalized spacial score (nSPS) is 17.1. The van der Waals surface area contributed by atoms with Crippen LogP contribution in [-0.2, 0) is 11.8 Å². The zero-order valence-corrected chi connectivity index (χ0v) is 13.4. The lowest BCUT2D eigenvalue weighted by molar-refractivity contribution is -0.120. The van der Waals surface area contributed by atoms with Crippen molar-refractivity contribution in [3.63, 3.8) is 0 Å². The Morgan fingerprint density at radius 2 is 2.23 bits per heavy atom. The summed E-state index contributed by atoms with van der Waals surface area (Å²) in [5.74, 6) is 1.14. The molecule has 1 aromatic heterocycles. The molecule has 0 saturated carbocycles. The highest BCUT2D eigenvalue weighted by molar-refractivity contribution is 5.79. The molecule has 122 valence electrons. The molecule has 2 N–H and O–H groups in total. The van der Waals surface area contributed by atoms with Gasteiger partial charge in [-0.25, -0.2) is 9.78 Å². The van der Waals surface area contributed by atoms with Gasteiger partial charge < -0.3 is 15.5 Å². The van der Waals surface area contributed by atoms with Gasteiger partial charge in [-0.3, -0.25) is 9.48 Å². The molecule has 0 aromatic carbocycles. The fourth-order valence-corrected chi connectivity index (χ4v) is 2.53. The number of rotatable bonds is 4. The van der Waals surface area contributed by atoms with Crippen LogP contribution < -0.4 is 10.6 Å². The van der Waals surface area contributed by atoms with E-state index in [-0.39, 0.29) is 18.0 Å². The van der Waals surface area contributed by atoms with Gasteiger partial charge in [-0.15, -0.1) is 0 Å². The number of hydrogen-bond donors (Lipinski definition) is 2. The SMILES string of the molecule is CC(C)C[C@H](NC(=O)N1CCNC(=O)CC1)c1ncnn1C. The largest absolute Gasteiger partial charge is 0.354 e. The summed E-state index contributed by atoms with van der Waals surface area (Å²) in [7, 11) is 1.82. The number of carbonyl (C=O) groups is 2. The summed E-state index contributed by atoms with van der Waals surface area (Å²) in [5, 5.41) is 9.87. The van der Waals surface area contributed by atoms with E-state index in [4.69, 9.17) is 0 Å². The second-order valence-corrected chi connectivity index (χ2v) is 5.96. The summed E-state index contributed by atoms with van der Waals surface area (Å²) >= 11 is 0. The van der Waals surface area contributed by atoms with Crippen molar-refractivity contribution < 1.29 is 9.59 Å². The van der Waals surface area contributed by atoms with Gasteiger partial charge in [-0.05, 0) is 12.3 Å². The van der Waals surface area contributed by atoms with Crippen LogP contribution >= 0.6 is 0 Å². The molecule has 1 fully saturated rings. The quantitative estimate of drug-likeness (QED) is 0.844. The maximum absolute atomic E-state index is 12.5. The molecule has 0 bridgehead atoms. The van der Waals surface area contributed by atoms with Gasteiger partial charge >= 0.3 is 6.03 Å². The molecule has 1 saturated heterocycles. The molecule has 2 rings (SSSR count). The van der Waals surface area contributed by atoms with E-state index in [1.165, 1.54) is 6.33 Å². The van der Waals surface area contributed by atoms with Crippen molar-refractivity contribution in [1.29, 1.82) is 0 Å². The number of aromatic nitrogens is 3. The highest BCUT2D eigenvalue weighted by Crippen LogP contribution is 2.19. The Balaban J connectivity index is 2.04. The third-order valence-electron chi connectivity index (χ3n) is 3.66. The second kappa shape index (κ2) is 7.24. The van der Waals surface area contributed by atoms with Crippen LogP contribution in [-0.4, -0.2) is 51.2 Å². The third-order valence-corrected chi connectivity index (χ3v) is 3.66. The number of amides is 3. The van der Waals surface area contributed by atoms with E-state index in [1.54, 1.807) is 9.58 Å². The minimum Gasteiger partial charge on any atom is -0.354 e. The summed E-state index contributed by atoms with van der Waals surface area (Å²) < 4.78 is 1.68. The molecule has 1 aromatic rings. The molecule has 2 heterocycles. The molecule has 0 radical (unpaired) electrons.